The van der Waals surface area contributed by atoms with Gasteiger partial charge >= 0.3 is 33.0 Å². The van der Waals surface area contributed by atoms with Crippen LogP contribution in [0.3, 0.4) is 0 Å². The molecule has 0 aliphatic heterocycles. The van der Waals surface area contributed by atoms with Crippen molar-refractivity contribution < 1.29 is 32.6 Å². The Morgan fingerprint density at radius 1 is 1.25 bits per heavy atom. The van der Waals surface area contributed by atoms with Crippen LogP contribution in [0.5, 0.6) is 0 Å². The van der Waals surface area contributed by atoms with E-state index in [1.807, 2.05) is 6.55 Å². The van der Waals surface area contributed by atoms with Crippen molar-refractivity contribution >= 4 is 9.28 Å². The summed E-state index contributed by atoms with van der Waals surface area (Å²) >= 11 is 0.750. The van der Waals surface area contributed by atoms with Crippen molar-refractivity contribution in [1.82, 2.24) is 0 Å². The first-order valence-electron chi connectivity index (χ1n) is 2.07. The summed E-state index contributed by atoms with van der Waals surface area (Å²) in [5.41, 5.74) is 0. The van der Waals surface area contributed by atoms with Crippen molar-refractivity contribution in [2.75, 3.05) is 14.2 Å². The Morgan fingerprint density at radius 3 is 1.50 bits per heavy atom. The van der Waals surface area contributed by atoms with Crippen molar-refractivity contribution in [3.05, 3.63) is 0 Å². The van der Waals surface area contributed by atoms with E-state index in [4.69, 9.17) is 12.2 Å². The van der Waals surface area contributed by atoms with E-state index in [0.29, 0.717) is 0 Å². The quantitative estimate of drug-likeness (QED) is 0.547. The van der Waals surface area contributed by atoms with Gasteiger partial charge in [-0.25, -0.2) is 0 Å². The maximum absolute atomic E-state index is 8.25. The Morgan fingerprint density at radius 2 is 1.50 bits per heavy atom. The topological polar surface area (TPSA) is 35.5 Å². The predicted octanol–water partition coefficient (Wildman–Crippen LogP) is 0.00820. The normalized spacial score (nSPS) is 7.88. The van der Waals surface area contributed by atoms with E-state index in [2.05, 4.69) is 0 Å². The molecule has 0 fully saturated rings. The molecule has 0 N–H and O–H groups in total. The van der Waals surface area contributed by atoms with Gasteiger partial charge in [-0.1, -0.05) is 0 Å². The number of hydrogen-bond acceptors (Lipinski definition) is 3. The summed E-state index contributed by atoms with van der Waals surface area (Å²) in [7, 11) is 2.17. The number of hydrogen-bond donors (Lipinski definition) is 0. The van der Waals surface area contributed by atoms with Gasteiger partial charge < -0.3 is 8.85 Å². The maximum atomic E-state index is 8.25. The van der Waals surface area contributed by atoms with E-state index in [1.165, 1.54) is 0 Å². The summed E-state index contributed by atoms with van der Waals surface area (Å²) in [5.74, 6) is 0. The average Bonchev–Trinajstić information content (AvgIpc) is 1.91. The van der Waals surface area contributed by atoms with Gasteiger partial charge in [0.05, 0.1) is 0 Å². The third-order valence-corrected chi connectivity index (χ3v) is 1.99. The molecule has 48 valence electrons. The SMILES string of the molecule is CO[SiH](C)OC.[O]=[Ti]. The molecule has 3 nitrogen and oxygen atoms in total. The second kappa shape index (κ2) is 10.6. The van der Waals surface area contributed by atoms with Crippen LogP contribution in [0.2, 0.25) is 6.55 Å². The van der Waals surface area contributed by atoms with Crippen LogP contribution in [0, 0.1) is 0 Å². The molecule has 0 rings (SSSR count). The molecule has 0 spiro atoms. The Bertz CT molecular complexity index is 41.5. The van der Waals surface area contributed by atoms with E-state index in [9.17, 15) is 0 Å². The zero-order valence-electron chi connectivity index (χ0n) is 5.30. The van der Waals surface area contributed by atoms with Crippen molar-refractivity contribution in [2.24, 2.45) is 0 Å². The standard InChI is InChI=1S/C3H10O2Si.O.Ti/c1-4-6(3)5-2;;/h6H,1-3H3;;. The van der Waals surface area contributed by atoms with E-state index in [0.717, 1.165) is 20.4 Å². The van der Waals surface area contributed by atoms with Crippen LogP contribution >= 0.6 is 0 Å². The minimum atomic E-state index is -1.16. The zero-order valence-corrected chi connectivity index (χ0v) is 8.02. The second-order valence-corrected chi connectivity index (χ2v) is 3.12. The van der Waals surface area contributed by atoms with Crippen molar-refractivity contribution in [3.8, 4) is 0 Å². The number of rotatable bonds is 2. The second-order valence-electron chi connectivity index (χ2n) is 1.04. The molecule has 0 aliphatic rings. The van der Waals surface area contributed by atoms with Crippen LogP contribution in [-0.2, 0) is 32.6 Å². The molecule has 0 aromatic rings. The van der Waals surface area contributed by atoms with Crippen molar-refractivity contribution in [1.29, 1.82) is 0 Å². The zero-order chi connectivity index (χ0) is 6.99. The molecule has 5 heteroatoms. The first-order chi connectivity index (χ1) is 3.81. The van der Waals surface area contributed by atoms with Gasteiger partial charge in [0.25, 0.3) is 0 Å². The molecule has 0 saturated carbocycles. The fraction of sp³-hybridized carbons (Fsp3) is 1.00. The van der Waals surface area contributed by atoms with Crippen LogP contribution in [0.1, 0.15) is 0 Å². The van der Waals surface area contributed by atoms with Gasteiger partial charge in [-0.05, 0) is 6.55 Å². The van der Waals surface area contributed by atoms with Crippen LogP contribution in [-0.4, -0.2) is 23.5 Å². The monoisotopic (exact) mass is 170 g/mol. The van der Waals surface area contributed by atoms with E-state index in [1.54, 1.807) is 14.2 Å². The fourth-order valence-corrected chi connectivity index (χ4v) is 0.289. The van der Waals surface area contributed by atoms with E-state index >= 15 is 0 Å². The molecule has 0 aromatic carbocycles. The molecule has 8 heavy (non-hydrogen) atoms. The van der Waals surface area contributed by atoms with Gasteiger partial charge in [-0.2, -0.15) is 0 Å². The van der Waals surface area contributed by atoms with Gasteiger partial charge in [0.15, 0.2) is 0 Å². The molecular weight excluding hydrogens is 160 g/mol. The van der Waals surface area contributed by atoms with E-state index < -0.39 is 9.28 Å². The molecule has 0 bridgehead atoms. The third-order valence-electron chi connectivity index (χ3n) is 0.664. The molecule has 0 aliphatic carbocycles. The first kappa shape index (κ1) is 11.4. The Kier molecular flexibility index (Phi) is 15.2. The molecule has 0 heterocycles. The summed E-state index contributed by atoms with van der Waals surface area (Å²) in [6.45, 7) is 1.97. The van der Waals surface area contributed by atoms with Gasteiger partial charge in [0, 0.05) is 14.2 Å². The van der Waals surface area contributed by atoms with Gasteiger partial charge in [0.2, 0.25) is 0 Å². The summed E-state index contributed by atoms with van der Waals surface area (Å²) < 4.78 is 17.9. The minimum absolute atomic E-state index is 0.750. The van der Waals surface area contributed by atoms with Gasteiger partial charge in [0.1, 0.15) is 0 Å². The molecule has 0 atom stereocenters. The summed E-state index contributed by atoms with van der Waals surface area (Å²) in [6.07, 6.45) is 0. The molecular formula is C3H10O3SiTi. The molecule has 0 aromatic heterocycles. The Balaban J connectivity index is 0. The first-order valence-corrected chi connectivity index (χ1v) is 4.80. The van der Waals surface area contributed by atoms with Gasteiger partial charge in [-0.3, -0.25) is 0 Å². The molecule has 0 unspecified atom stereocenters. The predicted molar refractivity (Wildman–Crippen MR) is 27.7 cm³/mol. The van der Waals surface area contributed by atoms with Gasteiger partial charge in [-0.15, -0.1) is 0 Å². The molecule has 0 radical (unpaired) electrons. The summed E-state index contributed by atoms with van der Waals surface area (Å²) in [6, 6.07) is 0. The van der Waals surface area contributed by atoms with E-state index in [-0.39, 0.29) is 0 Å². The van der Waals surface area contributed by atoms with Crippen LogP contribution in [0.25, 0.3) is 0 Å². The van der Waals surface area contributed by atoms with Crippen LogP contribution in [0.15, 0.2) is 0 Å². The Hall–Kier alpha value is 0.651. The van der Waals surface area contributed by atoms with Crippen LogP contribution < -0.4 is 0 Å². The van der Waals surface area contributed by atoms with Crippen LogP contribution in [0.4, 0.5) is 0 Å². The summed E-state index contributed by atoms with van der Waals surface area (Å²) in [4.78, 5) is 0. The third kappa shape index (κ3) is 9.82. The Labute approximate surface area is 62.9 Å². The van der Waals surface area contributed by atoms with Crippen molar-refractivity contribution in [2.45, 2.75) is 6.55 Å². The molecule has 0 amide bonds. The average molecular weight is 170 g/mol. The van der Waals surface area contributed by atoms with Crippen molar-refractivity contribution in [3.63, 3.8) is 0 Å². The summed E-state index contributed by atoms with van der Waals surface area (Å²) in [5, 5.41) is 0. The molecule has 0 saturated heterocycles. The fourth-order valence-electron chi connectivity index (χ4n) is 0.0962.